The lowest BCUT2D eigenvalue weighted by Crippen LogP contribution is -2.42. The predicted octanol–water partition coefficient (Wildman–Crippen LogP) is 6.06. The van der Waals surface area contributed by atoms with Crippen LogP contribution in [0.4, 0.5) is 0 Å². The van der Waals surface area contributed by atoms with Crippen molar-refractivity contribution in [3.05, 3.63) is 42.5 Å². The summed E-state index contributed by atoms with van der Waals surface area (Å²) < 4.78 is 5.14. The second-order valence-corrected chi connectivity index (χ2v) is 7.62. The van der Waals surface area contributed by atoms with Gasteiger partial charge in [0.1, 0.15) is 6.04 Å². The Labute approximate surface area is 177 Å². The zero-order valence-electron chi connectivity index (χ0n) is 18.4. The first-order valence-corrected chi connectivity index (χ1v) is 11.3. The molecular formula is C25H39NO3. The molecule has 1 aromatic rings. The average Bonchev–Trinajstić information content (AvgIpc) is 2.72. The SMILES string of the molecule is C=C(C[C@@H](NC(=O)CCCCCCCCCCC)C(=O)OCC)c1ccccc1. The Morgan fingerprint density at radius 3 is 2.10 bits per heavy atom. The number of amides is 1. The number of esters is 1. The van der Waals surface area contributed by atoms with Crippen molar-refractivity contribution in [2.75, 3.05) is 6.61 Å². The van der Waals surface area contributed by atoms with Crippen molar-refractivity contribution in [3.8, 4) is 0 Å². The molecule has 0 bridgehead atoms. The normalized spacial score (nSPS) is 11.7. The number of hydrogen-bond donors (Lipinski definition) is 1. The summed E-state index contributed by atoms with van der Waals surface area (Å²) in [4.78, 5) is 24.6. The Morgan fingerprint density at radius 2 is 1.52 bits per heavy atom. The molecule has 162 valence electrons. The van der Waals surface area contributed by atoms with E-state index in [1.54, 1.807) is 6.92 Å². The van der Waals surface area contributed by atoms with Crippen LogP contribution in [0.3, 0.4) is 0 Å². The molecule has 0 aliphatic heterocycles. The highest BCUT2D eigenvalue weighted by Gasteiger charge is 2.23. The van der Waals surface area contributed by atoms with Gasteiger partial charge in [-0.25, -0.2) is 4.79 Å². The zero-order chi connectivity index (χ0) is 21.3. The molecule has 0 aliphatic rings. The molecule has 0 saturated carbocycles. The minimum Gasteiger partial charge on any atom is -0.464 e. The molecule has 0 saturated heterocycles. The molecule has 1 aromatic carbocycles. The summed E-state index contributed by atoms with van der Waals surface area (Å²) in [6.07, 6.45) is 11.7. The van der Waals surface area contributed by atoms with E-state index in [-0.39, 0.29) is 5.91 Å². The van der Waals surface area contributed by atoms with E-state index in [2.05, 4.69) is 18.8 Å². The standard InChI is InChI=1S/C25H39NO3/c1-4-6-7-8-9-10-11-12-16-19-24(27)26-23(25(28)29-5-2)20-21(3)22-17-14-13-15-18-22/h13-15,17-18,23H,3-12,16,19-20H2,1-2H3,(H,26,27)/t23-/m1/s1. The van der Waals surface area contributed by atoms with E-state index in [0.29, 0.717) is 19.4 Å². The van der Waals surface area contributed by atoms with Crippen molar-refractivity contribution in [1.29, 1.82) is 0 Å². The van der Waals surface area contributed by atoms with Gasteiger partial charge >= 0.3 is 5.97 Å². The summed E-state index contributed by atoms with van der Waals surface area (Å²) in [7, 11) is 0. The van der Waals surface area contributed by atoms with Crippen molar-refractivity contribution in [2.45, 2.75) is 90.5 Å². The average molecular weight is 402 g/mol. The molecule has 0 spiro atoms. The fourth-order valence-electron chi connectivity index (χ4n) is 3.34. The summed E-state index contributed by atoms with van der Waals surface area (Å²) in [6, 6.07) is 9.02. The van der Waals surface area contributed by atoms with E-state index in [4.69, 9.17) is 4.74 Å². The van der Waals surface area contributed by atoms with Gasteiger partial charge in [0.25, 0.3) is 0 Å². The first-order chi connectivity index (χ1) is 14.1. The quantitative estimate of drug-likeness (QED) is 0.271. The smallest absolute Gasteiger partial charge is 0.328 e. The first-order valence-electron chi connectivity index (χ1n) is 11.3. The van der Waals surface area contributed by atoms with Crippen LogP contribution in [-0.2, 0) is 14.3 Å². The van der Waals surface area contributed by atoms with Gasteiger partial charge in [0, 0.05) is 12.8 Å². The molecule has 1 N–H and O–H groups in total. The van der Waals surface area contributed by atoms with E-state index < -0.39 is 12.0 Å². The molecule has 0 radical (unpaired) electrons. The number of carbonyl (C=O) groups is 2. The van der Waals surface area contributed by atoms with Crippen molar-refractivity contribution in [2.24, 2.45) is 0 Å². The Bertz CT molecular complexity index is 597. The Balaban J connectivity index is 2.35. The highest BCUT2D eigenvalue weighted by atomic mass is 16.5. The fraction of sp³-hybridized carbons (Fsp3) is 0.600. The molecule has 1 atom stereocenters. The number of nitrogens with one attached hydrogen (secondary N) is 1. The van der Waals surface area contributed by atoms with Gasteiger partial charge in [-0.15, -0.1) is 0 Å². The van der Waals surface area contributed by atoms with Gasteiger partial charge < -0.3 is 10.1 Å². The molecule has 0 unspecified atom stereocenters. The van der Waals surface area contributed by atoms with Crippen LogP contribution in [0.1, 0.15) is 90.0 Å². The number of hydrogen-bond acceptors (Lipinski definition) is 3. The molecule has 0 aliphatic carbocycles. The van der Waals surface area contributed by atoms with Crippen LogP contribution < -0.4 is 5.32 Å². The molecule has 4 nitrogen and oxygen atoms in total. The lowest BCUT2D eigenvalue weighted by Gasteiger charge is -2.18. The predicted molar refractivity (Wildman–Crippen MR) is 121 cm³/mol. The highest BCUT2D eigenvalue weighted by molar-refractivity contribution is 5.86. The second-order valence-electron chi connectivity index (χ2n) is 7.62. The van der Waals surface area contributed by atoms with Gasteiger partial charge in [-0.2, -0.15) is 0 Å². The molecule has 0 aromatic heterocycles. The van der Waals surface area contributed by atoms with Crippen molar-refractivity contribution in [1.82, 2.24) is 5.32 Å². The third-order valence-corrected chi connectivity index (χ3v) is 5.05. The third-order valence-electron chi connectivity index (χ3n) is 5.05. The third kappa shape index (κ3) is 11.5. The Kier molecular flexibility index (Phi) is 13.6. The van der Waals surface area contributed by atoms with E-state index in [9.17, 15) is 9.59 Å². The molecule has 29 heavy (non-hydrogen) atoms. The van der Waals surface area contributed by atoms with Crippen LogP contribution in [0.15, 0.2) is 36.9 Å². The topological polar surface area (TPSA) is 55.4 Å². The van der Waals surface area contributed by atoms with Gasteiger partial charge in [0.15, 0.2) is 0 Å². The van der Waals surface area contributed by atoms with E-state index >= 15 is 0 Å². The highest BCUT2D eigenvalue weighted by Crippen LogP contribution is 2.18. The number of benzene rings is 1. The second kappa shape index (κ2) is 15.8. The molecule has 0 heterocycles. The van der Waals surface area contributed by atoms with Gasteiger partial charge in [-0.3, -0.25) is 4.79 Å². The monoisotopic (exact) mass is 401 g/mol. The minimum atomic E-state index is -0.686. The minimum absolute atomic E-state index is 0.0909. The summed E-state index contributed by atoms with van der Waals surface area (Å²) in [6.45, 7) is 8.37. The van der Waals surface area contributed by atoms with Crippen molar-refractivity contribution in [3.63, 3.8) is 0 Å². The summed E-state index contributed by atoms with van der Waals surface area (Å²) in [5.74, 6) is -0.489. The molecule has 1 rings (SSSR count). The molecule has 0 fully saturated rings. The van der Waals surface area contributed by atoms with E-state index in [1.807, 2.05) is 30.3 Å². The van der Waals surface area contributed by atoms with Gasteiger partial charge in [0.2, 0.25) is 5.91 Å². The maximum atomic E-state index is 12.3. The maximum Gasteiger partial charge on any atom is 0.328 e. The van der Waals surface area contributed by atoms with Gasteiger partial charge in [-0.05, 0) is 24.5 Å². The first kappa shape index (κ1) is 24.9. The Hall–Kier alpha value is -2.10. The lowest BCUT2D eigenvalue weighted by atomic mass is 10.00. The van der Waals surface area contributed by atoms with Crippen LogP contribution in [0.5, 0.6) is 0 Å². The Morgan fingerprint density at radius 1 is 0.931 bits per heavy atom. The zero-order valence-corrected chi connectivity index (χ0v) is 18.4. The van der Waals surface area contributed by atoms with Gasteiger partial charge in [-0.1, -0.05) is 95.2 Å². The summed E-state index contributed by atoms with van der Waals surface area (Å²) in [5, 5.41) is 2.85. The van der Waals surface area contributed by atoms with E-state index in [1.165, 1.54) is 44.9 Å². The summed E-state index contributed by atoms with van der Waals surface area (Å²) in [5.41, 5.74) is 1.78. The van der Waals surface area contributed by atoms with Crippen LogP contribution in [0.25, 0.3) is 5.57 Å². The van der Waals surface area contributed by atoms with Crippen molar-refractivity contribution < 1.29 is 14.3 Å². The number of carbonyl (C=O) groups excluding carboxylic acids is 2. The van der Waals surface area contributed by atoms with Crippen LogP contribution in [0.2, 0.25) is 0 Å². The van der Waals surface area contributed by atoms with E-state index in [0.717, 1.165) is 24.0 Å². The summed E-state index contributed by atoms with van der Waals surface area (Å²) >= 11 is 0. The van der Waals surface area contributed by atoms with Crippen molar-refractivity contribution >= 4 is 17.4 Å². The van der Waals surface area contributed by atoms with Gasteiger partial charge in [0.05, 0.1) is 6.61 Å². The fourth-order valence-corrected chi connectivity index (χ4v) is 3.34. The van der Waals surface area contributed by atoms with Crippen LogP contribution in [0, 0.1) is 0 Å². The van der Waals surface area contributed by atoms with Crippen LogP contribution in [-0.4, -0.2) is 24.5 Å². The largest absolute Gasteiger partial charge is 0.464 e. The molecule has 1 amide bonds. The number of rotatable bonds is 16. The number of unbranched alkanes of at least 4 members (excludes halogenated alkanes) is 8. The lowest BCUT2D eigenvalue weighted by molar-refractivity contribution is -0.147. The molecular weight excluding hydrogens is 362 g/mol. The van der Waals surface area contributed by atoms with Crippen LogP contribution >= 0.6 is 0 Å². The molecule has 4 heteroatoms. The number of ether oxygens (including phenoxy) is 1. The maximum absolute atomic E-state index is 12.3.